The van der Waals surface area contributed by atoms with E-state index in [9.17, 15) is 9.59 Å². The van der Waals surface area contributed by atoms with Gasteiger partial charge in [-0.1, -0.05) is 24.4 Å². The molecule has 1 atom stereocenters. The highest BCUT2D eigenvalue weighted by Crippen LogP contribution is 2.29. The van der Waals surface area contributed by atoms with Gasteiger partial charge in [0, 0.05) is 38.3 Å². The van der Waals surface area contributed by atoms with Crippen LogP contribution in [0.3, 0.4) is 0 Å². The summed E-state index contributed by atoms with van der Waals surface area (Å²) in [6, 6.07) is 2.24. The third-order valence-electron chi connectivity index (χ3n) is 5.33. The fourth-order valence-electron chi connectivity index (χ4n) is 4.10. The number of amides is 3. The Kier molecular flexibility index (Phi) is 3.71. The maximum absolute atomic E-state index is 12.7. The van der Waals surface area contributed by atoms with E-state index >= 15 is 0 Å². The lowest BCUT2D eigenvalue weighted by Gasteiger charge is -2.35. The number of rotatable bonds is 2. The molecule has 1 aromatic heterocycles. The molecule has 0 radical (unpaired) electrons. The molecular formula is C16H22N4O3. The van der Waals surface area contributed by atoms with Gasteiger partial charge in [0.2, 0.25) is 5.76 Å². The van der Waals surface area contributed by atoms with Gasteiger partial charge in [0.1, 0.15) is 0 Å². The molecule has 0 aromatic carbocycles. The minimum Gasteiger partial charge on any atom is -0.351 e. The number of nitrogens with zero attached hydrogens (tertiary/aromatic N) is 4. The first-order chi connectivity index (χ1) is 11.2. The van der Waals surface area contributed by atoms with E-state index in [4.69, 9.17) is 4.52 Å². The summed E-state index contributed by atoms with van der Waals surface area (Å²) in [7, 11) is 0. The van der Waals surface area contributed by atoms with Crippen molar-refractivity contribution in [2.24, 2.45) is 0 Å². The standard InChI is InChI=1S/C16H22N4O3/c21-15(14-6-7-17-23-14)18-8-9-19-13(10-18)11-20(16(19)22)12-4-2-1-3-5-12/h6-7,12-13H,1-5,8-11H2. The third kappa shape index (κ3) is 2.58. The SMILES string of the molecule is O=C(c1ccno1)N1CCN2C(=O)N(C3CCCCC3)CC2C1. The van der Waals surface area contributed by atoms with Gasteiger partial charge in [0.15, 0.2) is 0 Å². The molecule has 1 aliphatic carbocycles. The zero-order chi connectivity index (χ0) is 15.8. The summed E-state index contributed by atoms with van der Waals surface area (Å²) in [5.74, 6) is 0.137. The number of urea groups is 1. The number of fused-ring (bicyclic) bond motifs is 1. The van der Waals surface area contributed by atoms with Crippen molar-refractivity contribution in [1.82, 2.24) is 19.9 Å². The first-order valence-corrected chi connectivity index (χ1v) is 8.51. The Bertz CT molecular complexity index is 582. The summed E-state index contributed by atoms with van der Waals surface area (Å²) in [6.45, 7) is 2.48. The van der Waals surface area contributed by atoms with E-state index in [0.717, 1.165) is 19.4 Å². The minimum absolute atomic E-state index is 0.102. The Balaban J connectivity index is 1.43. The van der Waals surface area contributed by atoms with Gasteiger partial charge in [-0.3, -0.25) is 4.79 Å². The molecule has 3 heterocycles. The second-order valence-electron chi connectivity index (χ2n) is 6.70. The van der Waals surface area contributed by atoms with Crippen molar-refractivity contribution in [2.75, 3.05) is 26.2 Å². The van der Waals surface area contributed by atoms with Crippen molar-refractivity contribution in [3.05, 3.63) is 18.0 Å². The largest absolute Gasteiger partial charge is 0.351 e. The van der Waals surface area contributed by atoms with Crippen molar-refractivity contribution >= 4 is 11.9 Å². The molecule has 3 fully saturated rings. The summed E-state index contributed by atoms with van der Waals surface area (Å²) < 4.78 is 4.97. The van der Waals surface area contributed by atoms with Crippen LogP contribution in [0.2, 0.25) is 0 Å². The maximum Gasteiger partial charge on any atom is 0.320 e. The van der Waals surface area contributed by atoms with Crippen LogP contribution in [0.15, 0.2) is 16.8 Å². The topological polar surface area (TPSA) is 69.9 Å². The van der Waals surface area contributed by atoms with Crippen LogP contribution in [0, 0.1) is 0 Å². The van der Waals surface area contributed by atoms with E-state index in [1.807, 2.05) is 9.80 Å². The first-order valence-electron chi connectivity index (χ1n) is 8.51. The zero-order valence-electron chi connectivity index (χ0n) is 13.2. The Morgan fingerprint density at radius 3 is 2.65 bits per heavy atom. The van der Waals surface area contributed by atoms with Crippen LogP contribution in [0.25, 0.3) is 0 Å². The molecule has 7 heteroatoms. The van der Waals surface area contributed by atoms with Gasteiger partial charge in [0.25, 0.3) is 5.91 Å². The van der Waals surface area contributed by atoms with Crippen LogP contribution in [0.1, 0.15) is 42.7 Å². The lowest BCUT2D eigenvalue weighted by atomic mass is 9.94. The van der Waals surface area contributed by atoms with E-state index in [-0.39, 0.29) is 23.7 Å². The smallest absolute Gasteiger partial charge is 0.320 e. The molecule has 1 aromatic rings. The van der Waals surface area contributed by atoms with Gasteiger partial charge in [-0.05, 0) is 12.8 Å². The van der Waals surface area contributed by atoms with Gasteiger partial charge in [-0.25, -0.2) is 4.79 Å². The molecule has 1 saturated carbocycles. The molecule has 0 bridgehead atoms. The fraction of sp³-hybridized carbons (Fsp3) is 0.688. The van der Waals surface area contributed by atoms with E-state index in [0.29, 0.717) is 25.7 Å². The molecule has 4 rings (SSSR count). The maximum atomic E-state index is 12.7. The van der Waals surface area contributed by atoms with Crippen LogP contribution in [-0.2, 0) is 0 Å². The molecule has 124 valence electrons. The average molecular weight is 318 g/mol. The third-order valence-corrected chi connectivity index (χ3v) is 5.33. The highest BCUT2D eigenvalue weighted by Gasteiger charge is 2.44. The van der Waals surface area contributed by atoms with Crippen LogP contribution in [0.4, 0.5) is 4.79 Å². The van der Waals surface area contributed by atoms with Crippen molar-refractivity contribution in [3.8, 4) is 0 Å². The van der Waals surface area contributed by atoms with Gasteiger partial charge < -0.3 is 19.2 Å². The Hall–Kier alpha value is -2.05. The van der Waals surface area contributed by atoms with E-state index in [1.165, 1.54) is 25.5 Å². The highest BCUT2D eigenvalue weighted by molar-refractivity contribution is 5.91. The van der Waals surface area contributed by atoms with Crippen molar-refractivity contribution in [2.45, 2.75) is 44.2 Å². The Morgan fingerprint density at radius 1 is 1.09 bits per heavy atom. The molecule has 2 aliphatic heterocycles. The quantitative estimate of drug-likeness (QED) is 0.830. The predicted molar refractivity (Wildman–Crippen MR) is 81.9 cm³/mol. The van der Waals surface area contributed by atoms with E-state index < -0.39 is 0 Å². The minimum atomic E-state index is -0.134. The lowest BCUT2D eigenvalue weighted by molar-refractivity contribution is 0.0577. The number of hydrogen-bond acceptors (Lipinski definition) is 4. The van der Waals surface area contributed by atoms with E-state index in [1.54, 1.807) is 11.0 Å². The summed E-state index contributed by atoms with van der Waals surface area (Å²) in [5, 5.41) is 3.59. The second kappa shape index (κ2) is 5.86. The molecule has 7 nitrogen and oxygen atoms in total. The van der Waals surface area contributed by atoms with Gasteiger partial charge >= 0.3 is 6.03 Å². The van der Waals surface area contributed by atoms with Crippen LogP contribution >= 0.6 is 0 Å². The van der Waals surface area contributed by atoms with Crippen LogP contribution in [0.5, 0.6) is 0 Å². The molecule has 1 unspecified atom stereocenters. The summed E-state index contributed by atoms with van der Waals surface area (Å²) in [4.78, 5) is 30.8. The number of piperazine rings is 1. The fourth-order valence-corrected chi connectivity index (χ4v) is 4.10. The summed E-state index contributed by atoms with van der Waals surface area (Å²) in [6.07, 6.45) is 7.43. The number of hydrogen-bond donors (Lipinski definition) is 0. The molecule has 2 saturated heterocycles. The molecule has 0 N–H and O–H groups in total. The van der Waals surface area contributed by atoms with E-state index in [2.05, 4.69) is 5.16 Å². The Labute approximate surface area is 135 Å². The number of aromatic nitrogens is 1. The highest BCUT2D eigenvalue weighted by atomic mass is 16.5. The molecule has 0 spiro atoms. The van der Waals surface area contributed by atoms with Gasteiger partial charge in [0.05, 0.1) is 12.2 Å². The van der Waals surface area contributed by atoms with Crippen molar-refractivity contribution in [3.63, 3.8) is 0 Å². The summed E-state index contributed by atoms with van der Waals surface area (Å²) >= 11 is 0. The lowest BCUT2D eigenvalue weighted by Crippen LogP contribution is -2.53. The van der Waals surface area contributed by atoms with Gasteiger partial charge in [-0.2, -0.15) is 0 Å². The van der Waals surface area contributed by atoms with Crippen molar-refractivity contribution in [1.29, 1.82) is 0 Å². The molecular weight excluding hydrogens is 296 g/mol. The zero-order valence-corrected chi connectivity index (χ0v) is 13.2. The predicted octanol–water partition coefficient (Wildman–Crippen LogP) is 1.57. The molecule has 3 amide bonds. The monoisotopic (exact) mass is 318 g/mol. The first kappa shape index (κ1) is 14.5. The normalized spacial score (nSPS) is 25.8. The van der Waals surface area contributed by atoms with Crippen molar-refractivity contribution < 1.29 is 14.1 Å². The Morgan fingerprint density at radius 2 is 1.91 bits per heavy atom. The number of carbonyl (C=O) groups is 2. The summed E-state index contributed by atoms with van der Waals surface area (Å²) in [5.41, 5.74) is 0. The van der Waals surface area contributed by atoms with Gasteiger partial charge in [-0.15, -0.1) is 0 Å². The molecule has 23 heavy (non-hydrogen) atoms. The second-order valence-corrected chi connectivity index (χ2v) is 6.70. The van der Waals surface area contributed by atoms with Crippen LogP contribution in [-0.4, -0.2) is 70.1 Å². The number of carbonyl (C=O) groups excluding carboxylic acids is 2. The average Bonchev–Trinajstić information content (AvgIpc) is 3.23. The molecule has 3 aliphatic rings. The van der Waals surface area contributed by atoms with Crippen LogP contribution < -0.4 is 0 Å².